The van der Waals surface area contributed by atoms with Crippen LogP contribution in [0, 0.1) is 11.6 Å². The molecule has 9 heteroatoms. The maximum absolute atomic E-state index is 13.8. The largest absolute Gasteiger partial charge is 0.308 e. The lowest BCUT2D eigenvalue weighted by atomic mass is 10.2. The van der Waals surface area contributed by atoms with Crippen LogP contribution in [-0.4, -0.2) is 13.0 Å². The average molecular weight is 432 g/mol. The zero-order valence-corrected chi connectivity index (χ0v) is 16.4. The Bertz CT molecular complexity index is 1360. The summed E-state index contributed by atoms with van der Waals surface area (Å²) in [7, 11) is -4.12. The molecular weight excluding hydrogens is 418 g/mol. The average Bonchev–Trinajstić information content (AvgIpc) is 2.99. The highest BCUT2D eigenvalue weighted by atomic mass is 32.2. The minimum atomic E-state index is -4.12. The molecule has 1 aromatic heterocycles. The van der Waals surface area contributed by atoms with Crippen molar-refractivity contribution in [3.63, 3.8) is 0 Å². The minimum absolute atomic E-state index is 0.123. The second kappa shape index (κ2) is 7.41. The van der Waals surface area contributed by atoms with Crippen LogP contribution < -0.4 is 9.60 Å². The number of hydrogen-bond acceptors (Lipinski definition) is 4. The first-order chi connectivity index (χ1) is 13.8. The monoisotopic (exact) mass is 432 g/mol. The fourth-order valence-electron chi connectivity index (χ4n) is 2.91. The highest BCUT2D eigenvalue weighted by Crippen LogP contribution is 2.25. The molecule has 0 aliphatic rings. The molecule has 1 N–H and O–H groups in total. The molecular formula is C20H14F2N2O3S2. The molecule has 0 radical (unpaired) electrons. The van der Waals surface area contributed by atoms with Gasteiger partial charge in [0.05, 0.1) is 27.3 Å². The minimum Gasteiger partial charge on any atom is -0.294 e. The third kappa shape index (κ3) is 3.92. The van der Waals surface area contributed by atoms with Crippen LogP contribution in [0.25, 0.3) is 10.2 Å². The van der Waals surface area contributed by atoms with Crippen molar-refractivity contribution in [3.8, 4) is 0 Å². The van der Waals surface area contributed by atoms with Crippen LogP contribution in [-0.2, 0) is 16.6 Å². The lowest BCUT2D eigenvalue weighted by Gasteiger charge is -2.09. The van der Waals surface area contributed by atoms with E-state index in [1.807, 2.05) is 30.3 Å². The van der Waals surface area contributed by atoms with Gasteiger partial charge in [-0.25, -0.2) is 17.2 Å². The molecule has 0 unspecified atom stereocenters. The SMILES string of the molecule is O=c1sc2cc(S(=O)(=O)Nc3ccc(F)cc3F)ccc2n1Cc1ccccc1. The van der Waals surface area contributed by atoms with Crippen molar-refractivity contribution in [3.05, 3.63) is 93.6 Å². The first-order valence-corrected chi connectivity index (χ1v) is 10.8. The van der Waals surface area contributed by atoms with Crippen molar-refractivity contribution in [2.24, 2.45) is 0 Å². The number of aromatic nitrogens is 1. The highest BCUT2D eigenvalue weighted by molar-refractivity contribution is 7.92. The number of fused-ring (bicyclic) bond motifs is 1. The lowest BCUT2D eigenvalue weighted by molar-refractivity contribution is 0.583. The van der Waals surface area contributed by atoms with Crippen LogP contribution >= 0.6 is 11.3 Å². The molecule has 0 fully saturated rings. The highest BCUT2D eigenvalue weighted by Gasteiger charge is 2.19. The molecule has 1 heterocycles. The van der Waals surface area contributed by atoms with E-state index in [1.165, 1.54) is 12.1 Å². The Morgan fingerprint density at radius 3 is 2.45 bits per heavy atom. The second-order valence-electron chi connectivity index (χ2n) is 6.30. The van der Waals surface area contributed by atoms with Gasteiger partial charge >= 0.3 is 4.87 Å². The van der Waals surface area contributed by atoms with E-state index in [-0.39, 0.29) is 15.5 Å². The molecule has 0 saturated carbocycles. The zero-order chi connectivity index (χ0) is 20.6. The van der Waals surface area contributed by atoms with Crippen molar-refractivity contribution in [1.29, 1.82) is 0 Å². The molecule has 0 amide bonds. The Morgan fingerprint density at radius 2 is 1.72 bits per heavy atom. The topological polar surface area (TPSA) is 68.2 Å². The summed E-state index contributed by atoms with van der Waals surface area (Å²) in [4.78, 5) is 12.1. The van der Waals surface area contributed by atoms with E-state index in [1.54, 1.807) is 10.6 Å². The summed E-state index contributed by atoms with van der Waals surface area (Å²) < 4.78 is 56.2. The van der Waals surface area contributed by atoms with Crippen molar-refractivity contribution in [1.82, 2.24) is 4.57 Å². The fourth-order valence-corrected chi connectivity index (χ4v) is 5.00. The second-order valence-corrected chi connectivity index (χ2v) is 8.97. The van der Waals surface area contributed by atoms with Crippen LogP contribution in [0.15, 0.2) is 76.4 Å². The van der Waals surface area contributed by atoms with Crippen LogP contribution in [0.1, 0.15) is 5.56 Å². The molecule has 0 aliphatic heterocycles. The molecule has 5 nitrogen and oxygen atoms in total. The first kappa shape index (κ1) is 19.3. The molecule has 3 aromatic carbocycles. The van der Waals surface area contributed by atoms with Crippen LogP contribution in [0.3, 0.4) is 0 Å². The fraction of sp³-hybridized carbons (Fsp3) is 0.0500. The third-order valence-electron chi connectivity index (χ3n) is 4.31. The van der Waals surface area contributed by atoms with E-state index in [4.69, 9.17) is 0 Å². The number of nitrogens with zero attached hydrogens (tertiary/aromatic N) is 1. The van der Waals surface area contributed by atoms with Gasteiger partial charge in [0.15, 0.2) is 0 Å². The summed E-state index contributed by atoms with van der Waals surface area (Å²) in [5.74, 6) is -1.83. The van der Waals surface area contributed by atoms with Crippen molar-refractivity contribution in [2.75, 3.05) is 4.72 Å². The predicted molar refractivity (Wildman–Crippen MR) is 109 cm³/mol. The van der Waals surface area contributed by atoms with Gasteiger partial charge in [0.1, 0.15) is 11.6 Å². The molecule has 0 atom stereocenters. The van der Waals surface area contributed by atoms with Crippen molar-refractivity contribution in [2.45, 2.75) is 11.4 Å². The van der Waals surface area contributed by atoms with E-state index < -0.39 is 21.7 Å². The summed E-state index contributed by atoms with van der Waals surface area (Å²) >= 11 is 0.931. The van der Waals surface area contributed by atoms with Gasteiger partial charge in [-0.05, 0) is 35.9 Å². The Balaban J connectivity index is 1.69. The summed E-state index contributed by atoms with van der Waals surface area (Å²) in [6, 6.07) is 16.3. The van der Waals surface area contributed by atoms with Gasteiger partial charge < -0.3 is 0 Å². The number of rotatable bonds is 5. The van der Waals surface area contributed by atoms with Gasteiger partial charge in [-0.15, -0.1) is 0 Å². The van der Waals surface area contributed by atoms with E-state index in [9.17, 15) is 22.0 Å². The van der Waals surface area contributed by atoms with Crippen molar-refractivity contribution < 1.29 is 17.2 Å². The van der Waals surface area contributed by atoms with E-state index in [2.05, 4.69) is 4.72 Å². The number of thiazole rings is 1. The summed E-state index contributed by atoms with van der Waals surface area (Å²) in [5.41, 5.74) is 1.19. The maximum Gasteiger partial charge on any atom is 0.308 e. The molecule has 4 aromatic rings. The maximum atomic E-state index is 13.8. The molecule has 29 heavy (non-hydrogen) atoms. The Kier molecular flexibility index (Phi) is 4.93. The summed E-state index contributed by atoms with van der Waals surface area (Å²) in [6.07, 6.45) is 0. The number of halogens is 2. The van der Waals surface area contributed by atoms with E-state index in [0.717, 1.165) is 29.0 Å². The van der Waals surface area contributed by atoms with Crippen LogP contribution in [0.5, 0.6) is 0 Å². The van der Waals surface area contributed by atoms with Gasteiger partial charge in [-0.1, -0.05) is 41.7 Å². The molecule has 0 bridgehead atoms. The van der Waals surface area contributed by atoms with E-state index in [0.29, 0.717) is 22.8 Å². The Hall–Kier alpha value is -3.04. The van der Waals surface area contributed by atoms with Gasteiger partial charge in [0.2, 0.25) is 0 Å². The van der Waals surface area contributed by atoms with Crippen molar-refractivity contribution >= 4 is 37.3 Å². The van der Waals surface area contributed by atoms with Gasteiger partial charge in [-0.2, -0.15) is 0 Å². The molecule has 0 aliphatic carbocycles. The number of benzene rings is 3. The number of anilines is 1. The van der Waals surface area contributed by atoms with Crippen LogP contribution in [0.2, 0.25) is 0 Å². The summed E-state index contributed by atoms with van der Waals surface area (Å²) in [5, 5.41) is 0. The third-order valence-corrected chi connectivity index (χ3v) is 6.61. The predicted octanol–water partition coefficient (Wildman–Crippen LogP) is 4.19. The normalized spacial score (nSPS) is 11.7. The molecule has 0 spiro atoms. The Labute approximate surface area is 168 Å². The first-order valence-electron chi connectivity index (χ1n) is 8.49. The molecule has 4 rings (SSSR count). The Morgan fingerprint density at radius 1 is 0.966 bits per heavy atom. The quantitative estimate of drug-likeness (QED) is 0.514. The molecule has 0 saturated heterocycles. The smallest absolute Gasteiger partial charge is 0.294 e. The van der Waals surface area contributed by atoms with Gasteiger partial charge in [0.25, 0.3) is 10.0 Å². The lowest BCUT2D eigenvalue weighted by Crippen LogP contribution is -2.14. The number of hydrogen-bond donors (Lipinski definition) is 1. The van der Waals surface area contributed by atoms with Crippen LogP contribution in [0.4, 0.5) is 14.5 Å². The zero-order valence-electron chi connectivity index (χ0n) is 14.8. The standard InChI is InChI=1S/C20H14F2N2O3S2/c21-14-6-8-17(16(22)10-14)23-29(26,27)15-7-9-18-19(11-15)28-20(25)24(18)12-13-4-2-1-3-5-13/h1-11,23H,12H2. The molecule has 148 valence electrons. The number of nitrogens with one attached hydrogen (secondary N) is 1. The van der Waals surface area contributed by atoms with Gasteiger partial charge in [-0.3, -0.25) is 14.1 Å². The van der Waals surface area contributed by atoms with E-state index >= 15 is 0 Å². The number of sulfonamides is 1. The summed E-state index contributed by atoms with van der Waals surface area (Å²) in [6.45, 7) is 0.366. The van der Waals surface area contributed by atoms with Gasteiger partial charge in [0, 0.05) is 6.07 Å².